The number of nitrogens with one attached hydrogen (secondary N) is 1. The minimum atomic E-state index is -0.860. The molecule has 1 aliphatic heterocycles. The van der Waals surface area contributed by atoms with Gasteiger partial charge in [0.1, 0.15) is 11.9 Å². The van der Waals surface area contributed by atoms with E-state index < -0.39 is 6.10 Å². The number of rotatable bonds is 6. The van der Waals surface area contributed by atoms with E-state index in [9.17, 15) is 9.90 Å². The number of amides is 1. The highest BCUT2D eigenvalue weighted by Gasteiger charge is 2.35. The third-order valence-corrected chi connectivity index (χ3v) is 7.14. The predicted molar refractivity (Wildman–Crippen MR) is 147 cm³/mol. The second-order valence-corrected chi connectivity index (χ2v) is 11.6. The van der Waals surface area contributed by atoms with Gasteiger partial charge in [0.25, 0.3) is 0 Å². The third kappa shape index (κ3) is 5.19. The van der Waals surface area contributed by atoms with Crippen LogP contribution in [0, 0.1) is 19.3 Å². The molecular formula is C32H39NO3. The maximum absolute atomic E-state index is 13.0. The van der Waals surface area contributed by atoms with E-state index in [2.05, 4.69) is 71.1 Å². The number of carbonyl (C=O) groups is 1. The Morgan fingerprint density at radius 1 is 1.00 bits per heavy atom. The molecule has 4 heteroatoms. The van der Waals surface area contributed by atoms with Crippen LogP contribution in [0.3, 0.4) is 0 Å². The van der Waals surface area contributed by atoms with Crippen molar-refractivity contribution in [1.82, 2.24) is 0 Å². The molecule has 0 bridgehead atoms. The molecule has 0 radical (unpaired) electrons. The normalized spacial score (nSPS) is 16.0. The summed E-state index contributed by atoms with van der Waals surface area (Å²) in [5, 5.41) is 14.7. The van der Waals surface area contributed by atoms with Crippen LogP contribution in [0.15, 0.2) is 54.6 Å². The van der Waals surface area contributed by atoms with Crippen molar-refractivity contribution in [2.75, 3.05) is 11.9 Å². The zero-order valence-electron chi connectivity index (χ0n) is 22.6. The van der Waals surface area contributed by atoms with Crippen LogP contribution in [0.1, 0.15) is 97.9 Å². The van der Waals surface area contributed by atoms with Gasteiger partial charge in [0.2, 0.25) is 5.91 Å². The summed E-state index contributed by atoms with van der Waals surface area (Å²) >= 11 is 0. The van der Waals surface area contributed by atoms with Gasteiger partial charge in [0, 0.05) is 29.2 Å². The number of hydrogen-bond acceptors (Lipinski definition) is 3. The molecule has 36 heavy (non-hydrogen) atoms. The van der Waals surface area contributed by atoms with Crippen LogP contribution in [-0.2, 0) is 4.79 Å². The molecular weight excluding hydrogens is 446 g/mol. The van der Waals surface area contributed by atoms with Crippen LogP contribution in [0.2, 0.25) is 0 Å². The summed E-state index contributed by atoms with van der Waals surface area (Å²) in [6.07, 6.45) is -0.447. The molecule has 0 saturated heterocycles. The van der Waals surface area contributed by atoms with Crippen molar-refractivity contribution in [3.8, 4) is 5.75 Å². The highest BCUT2D eigenvalue weighted by Crippen LogP contribution is 2.50. The lowest BCUT2D eigenvalue weighted by Crippen LogP contribution is -2.21. The van der Waals surface area contributed by atoms with Crippen molar-refractivity contribution in [2.45, 2.75) is 72.8 Å². The van der Waals surface area contributed by atoms with Crippen LogP contribution in [-0.4, -0.2) is 17.6 Å². The van der Waals surface area contributed by atoms with E-state index in [1.807, 2.05) is 37.3 Å². The summed E-state index contributed by atoms with van der Waals surface area (Å²) in [5.41, 5.74) is 7.56. The Labute approximate surface area is 215 Å². The lowest BCUT2D eigenvalue weighted by atomic mass is 9.83. The lowest BCUT2D eigenvalue weighted by Gasteiger charge is -2.25. The Morgan fingerprint density at radius 3 is 2.22 bits per heavy atom. The molecule has 0 spiro atoms. The van der Waals surface area contributed by atoms with E-state index in [0.29, 0.717) is 18.9 Å². The van der Waals surface area contributed by atoms with Gasteiger partial charge in [-0.1, -0.05) is 89.2 Å². The predicted octanol–water partition coefficient (Wildman–Crippen LogP) is 7.41. The van der Waals surface area contributed by atoms with Crippen molar-refractivity contribution in [3.63, 3.8) is 0 Å². The first-order chi connectivity index (χ1) is 17.0. The Hall–Kier alpha value is -3.11. The fraction of sp³-hybridized carbons (Fsp3) is 0.406. The standard InChI is InChI=1S/C32H39NO3/c1-19(2)22-13-15-23(16-14-22)25-18-36-31-27(25)20(3)29(33-26(34)17-32(5,6)7)21(4)28(31)30(35)24-11-9-8-10-12-24/h8-16,19,25,30,35H,17-18H2,1-7H3,(H,33,34). The highest BCUT2D eigenvalue weighted by atomic mass is 16.5. The molecule has 3 aromatic rings. The molecule has 2 unspecified atom stereocenters. The molecule has 0 aromatic heterocycles. The number of hydrogen-bond donors (Lipinski definition) is 2. The van der Waals surface area contributed by atoms with Gasteiger partial charge in [-0.25, -0.2) is 0 Å². The topological polar surface area (TPSA) is 58.6 Å². The van der Waals surface area contributed by atoms with Crippen LogP contribution in [0.5, 0.6) is 5.75 Å². The average molecular weight is 486 g/mol. The fourth-order valence-electron chi connectivity index (χ4n) is 5.22. The van der Waals surface area contributed by atoms with Gasteiger partial charge >= 0.3 is 0 Å². The van der Waals surface area contributed by atoms with Crippen molar-refractivity contribution in [3.05, 3.63) is 93.5 Å². The second kappa shape index (κ2) is 10.1. The Kier molecular flexibility index (Phi) is 7.28. The van der Waals surface area contributed by atoms with Gasteiger partial charge in [-0.2, -0.15) is 0 Å². The minimum absolute atomic E-state index is 0.0226. The van der Waals surface area contributed by atoms with E-state index in [1.54, 1.807) is 0 Å². The van der Waals surface area contributed by atoms with Crippen LogP contribution in [0.4, 0.5) is 5.69 Å². The van der Waals surface area contributed by atoms with Crippen molar-refractivity contribution in [2.24, 2.45) is 5.41 Å². The maximum Gasteiger partial charge on any atom is 0.224 e. The smallest absolute Gasteiger partial charge is 0.224 e. The summed E-state index contributed by atoms with van der Waals surface area (Å²) < 4.78 is 6.35. The summed E-state index contributed by atoms with van der Waals surface area (Å²) in [4.78, 5) is 13.0. The first kappa shape index (κ1) is 26.0. The fourth-order valence-corrected chi connectivity index (χ4v) is 5.22. The summed E-state index contributed by atoms with van der Waals surface area (Å²) in [7, 11) is 0. The molecule has 190 valence electrons. The van der Waals surface area contributed by atoms with Crippen LogP contribution in [0.25, 0.3) is 0 Å². The summed E-state index contributed by atoms with van der Waals surface area (Å²) in [5.74, 6) is 1.22. The van der Waals surface area contributed by atoms with Gasteiger partial charge in [0.15, 0.2) is 0 Å². The maximum atomic E-state index is 13.0. The van der Waals surface area contributed by atoms with Gasteiger partial charge in [-0.15, -0.1) is 0 Å². The zero-order chi connectivity index (χ0) is 26.2. The lowest BCUT2D eigenvalue weighted by molar-refractivity contribution is -0.117. The average Bonchev–Trinajstić information content (AvgIpc) is 3.26. The van der Waals surface area contributed by atoms with Crippen LogP contribution < -0.4 is 10.1 Å². The van der Waals surface area contributed by atoms with Gasteiger partial charge in [-0.3, -0.25) is 4.79 Å². The number of anilines is 1. The number of benzene rings is 3. The number of aliphatic hydroxyl groups is 1. The molecule has 3 aromatic carbocycles. The monoisotopic (exact) mass is 485 g/mol. The number of fused-ring (bicyclic) bond motifs is 1. The van der Waals surface area contributed by atoms with Crippen molar-refractivity contribution in [1.29, 1.82) is 0 Å². The largest absolute Gasteiger partial charge is 0.492 e. The Bertz CT molecular complexity index is 1240. The number of carbonyl (C=O) groups excluding carboxylic acids is 1. The van der Waals surface area contributed by atoms with Crippen LogP contribution >= 0.6 is 0 Å². The minimum Gasteiger partial charge on any atom is -0.492 e. The van der Waals surface area contributed by atoms with E-state index in [4.69, 9.17) is 4.74 Å². The molecule has 2 atom stereocenters. The Morgan fingerprint density at radius 2 is 1.64 bits per heavy atom. The van der Waals surface area contributed by atoms with Gasteiger partial charge < -0.3 is 15.2 Å². The first-order valence-corrected chi connectivity index (χ1v) is 12.9. The summed E-state index contributed by atoms with van der Waals surface area (Å²) in [6, 6.07) is 18.4. The molecule has 1 aliphatic rings. The first-order valence-electron chi connectivity index (χ1n) is 12.9. The molecule has 4 rings (SSSR count). The number of ether oxygens (including phenoxy) is 1. The zero-order valence-corrected chi connectivity index (χ0v) is 22.6. The SMILES string of the molecule is Cc1c(NC(=O)CC(C)(C)C)c(C)c2c(c1C(O)c1ccccc1)OCC2c1ccc(C(C)C)cc1. The molecule has 1 amide bonds. The van der Waals surface area contributed by atoms with Crippen molar-refractivity contribution >= 4 is 11.6 Å². The molecule has 1 heterocycles. The van der Waals surface area contributed by atoms with E-state index in [1.165, 1.54) is 11.1 Å². The molecule has 4 nitrogen and oxygen atoms in total. The second-order valence-electron chi connectivity index (χ2n) is 11.6. The highest BCUT2D eigenvalue weighted by molar-refractivity contribution is 5.94. The van der Waals surface area contributed by atoms with E-state index in [0.717, 1.165) is 39.3 Å². The molecule has 0 saturated carbocycles. The van der Waals surface area contributed by atoms with Crippen molar-refractivity contribution < 1.29 is 14.6 Å². The van der Waals surface area contributed by atoms with Gasteiger partial charge in [0.05, 0.1) is 6.61 Å². The molecule has 2 N–H and O–H groups in total. The molecule has 0 fully saturated rings. The van der Waals surface area contributed by atoms with Gasteiger partial charge in [-0.05, 0) is 53.0 Å². The molecule has 0 aliphatic carbocycles. The number of aliphatic hydroxyl groups excluding tert-OH is 1. The van der Waals surface area contributed by atoms with E-state index in [-0.39, 0.29) is 17.2 Å². The van der Waals surface area contributed by atoms with E-state index >= 15 is 0 Å². The summed E-state index contributed by atoms with van der Waals surface area (Å²) in [6.45, 7) is 15.1. The Balaban J connectivity index is 1.86. The third-order valence-electron chi connectivity index (χ3n) is 7.14. The quantitative estimate of drug-likeness (QED) is 0.382.